The lowest BCUT2D eigenvalue weighted by atomic mass is 10.1. The lowest BCUT2D eigenvalue weighted by Gasteiger charge is -2.26. The number of rotatable bonds is 11. The first-order valence-corrected chi connectivity index (χ1v) is 10.5. The van der Waals surface area contributed by atoms with Crippen LogP contribution in [0.5, 0.6) is 17.4 Å². The number of methoxy groups -OCH3 is 2. The fourth-order valence-corrected chi connectivity index (χ4v) is 3.46. The predicted octanol–water partition coefficient (Wildman–Crippen LogP) is 3.20. The van der Waals surface area contributed by atoms with Gasteiger partial charge in [-0.3, -0.25) is 4.90 Å². The third-order valence-corrected chi connectivity index (χ3v) is 5.08. The number of benzene rings is 1. The summed E-state index contributed by atoms with van der Waals surface area (Å²) in [6, 6.07) is 5.83. The molecule has 1 saturated heterocycles. The molecule has 8 heteroatoms. The summed E-state index contributed by atoms with van der Waals surface area (Å²) in [4.78, 5) is 7.12. The molecule has 1 fully saturated rings. The van der Waals surface area contributed by atoms with Crippen LogP contribution in [0.3, 0.4) is 0 Å². The van der Waals surface area contributed by atoms with Crippen molar-refractivity contribution in [3.63, 3.8) is 0 Å². The fourth-order valence-electron chi connectivity index (χ4n) is 3.40. The van der Waals surface area contributed by atoms with E-state index in [1.54, 1.807) is 14.2 Å². The van der Waals surface area contributed by atoms with Crippen LogP contribution < -0.4 is 19.5 Å². The second kappa shape index (κ2) is 11.4. The molecular weight excluding hydrogens is 406 g/mol. The molecule has 0 spiro atoms. The molecule has 0 bridgehead atoms. The van der Waals surface area contributed by atoms with Crippen molar-refractivity contribution >= 4 is 22.5 Å². The van der Waals surface area contributed by atoms with Crippen LogP contribution >= 0.6 is 11.6 Å². The summed E-state index contributed by atoms with van der Waals surface area (Å²) < 4.78 is 22.0. The van der Waals surface area contributed by atoms with Gasteiger partial charge in [-0.2, -0.15) is 0 Å². The molecule has 2 aromatic rings. The van der Waals surface area contributed by atoms with Crippen molar-refractivity contribution in [2.45, 2.75) is 13.0 Å². The first-order valence-electron chi connectivity index (χ1n) is 10.1. The Morgan fingerprint density at radius 1 is 1.20 bits per heavy atom. The van der Waals surface area contributed by atoms with Gasteiger partial charge in [-0.1, -0.05) is 18.2 Å². The molecule has 0 unspecified atom stereocenters. The second-order valence-corrected chi connectivity index (χ2v) is 7.68. The molecule has 1 aliphatic heterocycles. The Hall–Kier alpha value is -2.06. The molecule has 0 radical (unpaired) electrons. The van der Waals surface area contributed by atoms with Crippen LogP contribution in [0.15, 0.2) is 29.8 Å². The topological polar surface area (TPSA) is 65.1 Å². The lowest BCUT2D eigenvalue weighted by molar-refractivity contribution is 0.0374. The largest absolute Gasteiger partial charge is 0.493 e. The normalized spacial score (nSPS) is 14.6. The number of morpholine rings is 1. The fraction of sp³-hybridized carbons (Fsp3) is 0.500. The maximum atomic E-state index is 5.89. The van der Waals surface area contributed by atoms with Gasteiger partial charge in [0.25, 0.3) is 0 Å². The van der Waals surface area contributed by atoms with Gasteiger partial charge >= 0.3 is 0 Å². The van der Waals surface area contributed by atoms with Gasteiger partial charge in [-0.15, -0.1) is 0 Å². The van der Waals surface area contributed by atoms with Gasteiger partial charge in [-0.05, 0) is 31.6 Å². The van der Waals surface area contributed by atoms with E-state index in [4.69, 9.17) is 30.5 Å². The van der Waals surface area contributed by atoms with Crippen molar-refractivity contribution in [3.05, 3.63) is 35.4 Å². The van der Waals surface area contributed by atoms with Gasteiger partial charge in [0.1, 0.15) is 6.61 Å². The van der Waals surface area contributed by atoms with Gasteiger partial charge in [0.05, 0.1) is 33.0 Å². The molecule has 1 aromatic heterocycles. The zero-order valence-electron chi connectivity index (χ0n) is 17.7. The number of pyridine rings is 1. The van der Waals surface area contributed by atoms with E-state index in [1.807, 2.05) is 12.1 Å². The average Bonchev–Trinajstić information content (AvgIpc) is 2.77. The maximum Gasteiger partial charge on any atom is 0.218 e. The van der Waals surface area contributed by atoms with E-state index in [1.165, 1.54) is 0 Å². The van der Waals surface area contributed by atoms with Crippen LogP contribution in [0, 0.1) is 0 Å². The van der Waals surface area contributed by atoms with Crippen LogP contribution in [0.2, 0.25) is 0 Å². The Labute approximate surface area is 182 Å². The first kappa shape index (κ1) is 22.6. The van der Waals surface area contributed by atoms with E-state index in [0.29, 0.717) is 29.0 Å². The molecule has 1 aromatic carbocycles. The van der Waals surface area contributed by atoms with Crippen molar-refractivity contribution < 1.29 is 18.9 Å². The molecule has 164 valence electrons. The molecule has 0 amide bonds. The summed E-state index contributed by atoms with van der Waals surface area (Å²) in [7, 11) is 3.23. The summed E-state index contributed by atoms with van der Waals surface area (Å²) in [5, 5.41) is 4.87. The molecule has 1 N–H and O–H groups in total. The molecule has 0 atom stereocenters. The minimum absolute atomic E-state index is 0.206. The Morgan fingerprint density at radius 3 is 2.63 bits per heavy atom. The highest BCUT2D eigenvalue weighted by atomic mass is 35.5. The molecule has 7 nitrogen and oxygen atoms in total. The summed E-state index contributed by atoms with van der Waals surface area (Å²) in [5.41, 5.74) is 1.72. The quantitative estimate of drug-likeness (QED) is 0.544. The number of fused-ring (bicyclic) bond motifs is 1. The molecular formula is C22H30ClN3O4. The van der Waals surface area contributed by atoms with Crippen LogP contribution in [0.1, 0.15) is 12.0 Å². The Balaban J connectivity index is 1.69. The van der Waals surface area contributed by atoms with Crippen molar-refractivity contribution in [2.75, 3.05) is 60.2 Å². The van der Waals surface area contributed by atoms with Crippen LogP contribution in [0.4, 0.5) is 0 Å². The Kier molecular flexibility index (Phi) is 8.57. The second-order valence-electron chi connectivity index (χ2n) is 7.14. The Bertz CT molecular complexity index is 856. The predicted molar refractivity (Wildman–Crippen MR) is 119 cm³/mol. The molecule has 2 heterocycles. The van der Waals surface area contributed by atoms with Gasteiger partial charge in [0, 0.05) is 41.7 Å². The monoisotopic (exact) mass is 435 g/mol. The van der Waals surface area contributed by atoms with Gasteiger partial charge in [0.15, 0.2) is 11.5 Å². The van der Waals surface area contributed by atoms with Crippen molar-refractivity contribution in [3.8, 4) is 17.4 Å². The van der Waals surface area contributed by atoms with Crippen LogP contribution in [-0.4, -0.2) is 70.1 Å². The average molecular weight is 436 g/mol. The molecule has 30 heavy (non-hydrogen) atoms. The number of nitrogens with one attached hydrogen (secondary N) is 1. The van der Waals surface area contributed by atoms with Crippen molar-refractivity contribution in [2.24, 2.45) is 0 Å². The zero-order chi connectivity index (χ0) is 21.3. The standard InChI is InChI=1S/C22H30ClN3O4/c1-16(23)15-30-22-18(14-24-5-4-6-26-7-9-29-10-8-26)11-17-12-20(27-2)21(28-3)13-19(17)25-22/h11-13,24H,1,4-10,14-15H2,2-3H3. The van der Waals surface area contributed by atoms with E-state index in [2.05, 4.69) is 27.8 Å². The van der Waals surface area contributed by atoms with Gasteiger partial charge < -0.3 is 24.3 Å². The number of nitrogens with zero attached hydrogens (tertiary/aromatic N) is 2. The number of ether oxygens (including phenoxy) is 4. The van der Waals surface area contributed by atoms with Crippen molar-refractivity contribution in [1.29, 1.82) is 0 Å². The molecule has 3 rings (SSSR count). The smallest absolute Gasteiger partial charge is 0.218 e. The minimum Gasteiger partial charge on any atom is -0.493 e. The third-order valence-electron chi connectivity index (χ3n) is 4.97. The number of hydrogen-bond donors (Lipinski definition) is 1. The lowest BCUT2D eigenvalue weighted by Crippen LogP contribution is -2.37. The van der Waals surface area contributed by atoms with E-state index in [9.17, 15) is 0 Å². The van der Waals surface area contributed by atoms with Crippen molar-refractivity contribution in [1.82, 2.24) is 15.2 Å². The first-order chi connectivity index (χ1) is 14.6. The van der Waals surface area contributed by atoms with E-state index < -0.39 is 0 Å². The van der Waals surface area contributed by atoms with Crippen LogP contribution in [0.25, 0.3) is 10.9 Å². The summed E-state index contributed by atoms with van der Waals surface area (Å²) in [6.45, 7) is 10.2. The number of halogens is 1. The number of aromatic nitrogens is 1. The number of hydrogen-bond acceptors (Lipinski definition) is 7. The highest BCUT2D eigenvalue weighted by Gasteiger charge is 2.13. The van der Waals surface area contributed by atoms with Crippen LogP contribution in [-0.2, 0) is 11.3 Å². The minimum atomic E-state index is 0.206. The van der Waals surface area contributed by atoms with E-state index in [0.717, 1.165) is 62.3 Å². The summed E-state index contributed by atoms with van der Waals surface area (Å²) in [6.07, 6.45) is 1.07. The van der Waals surface area contributed by atoms with E-state index >= 15 is 0 Å². The Morgan fingerprint density at radius 2 is 1.93 bits per heavy atom. The third kappa shape index (κ3) is 6.22. The maximum absolute atomic E-state index is 5.89. The highest BCUT2D eigenvalue weighted by Crippen LogP contribution is 2.33. The highest BCUT2D eigenvalue weighted by molar-refractivity contribution is 6.29. The molecule has 0 saturated carbocycles. The summed E-state index contributed by atoms with van der Waals surface area (Å²) >= 11 is 5.89. The summed E-state index contributed by atoms with van der Waals surface area (Å²) in [5.74, 6) is 1.83. The SMILES string of the molecule is C=C(Cl)COc1nc2cc(OC)c(OC)cc2cc1CNCCCN1CCOCC1. The zero-order valence-corrected chi connectivity index (χ0v) is 18.5. The molecule has 1 aliphatic rings. The van der Waals surface area contributed by atoms with Gasteiger partial charge in [-0.25, -0.2) is 4.98 Å². The van der Waals surface area contributed by atoms with Gasteiger partial charge in [0.2, 0.25) is 5.88 Å². The molecule has 0 aliphatic carbocycles. The van der Waals surface area contributed by atoms with E-state index in [-0.39, 0.29) is 6.61 Å².